The van der Waals surface area contributed by atoms with E-state index in [1.54, 1.807) is 37.6 Å². The van der Waals surface area contributed by atoms with Gasteiger partial charge in [0.05, 0.1) is 18.3 Å². The van der Waals surface area contributed by atoms with E-state index in [-0.39, 0.29) is 5.91 Å². The number of amides is 1. The Hall–Kier alpha value is -2.88. The van der Waals surface area contributed by atoms with Crippen LogP contribution in [0.2, 0.25) is 0 Å². The number of anilines is 1. The van der Waals surface area contributed by atoms with Crippen molar-refractivity contribution in [3.63, 3.8) is 0 Å². The van der Waals surface area contributed by atoms with Crippen LogP contribution in [0.1, 0.15) is 10.4 Å². The summed E-state index contributed by atoms with van der Waals surface area (Å²) in [5.41, 5.74) is 2.01. The van der Waals surface area contributed by atoms with Crippen LogP contribution in [0, 0.1) is 0 Å². The standard InChI is InChI=1S/C17H14N2O2/c1-21-14-8-2-6-13(11-14)17(20)19-15-9-3-5-12-7-4-10-18-16(12)15/h2-11H,1H3,(H,19,20). The highest BCUT2D eigenvalue weighted by molar-refractivity contribution is 6.08. The lowest BCUT2D eigenvalue weighted by Crippen LogP contribution is -2.12. The topological polar surface area (TPSA) is 51.2 Å². The molecular formula is C17H14N2O2. The Morgan fingerprint density at radius 3 is 2.76 bits per heavy atom. The van der Waals surface area contributed by atoms with Gasteiger partial charge in [-0.3, -0.25) is 9.78 Å². The van der Waals surface area contributed by atoms with Crippen molar-refractivity contribution in [2.75, 3.05) is 12.4 Å². The quantitative estimate of drug-likeness (QED) is 0.797. The van der Waals surface area contributed by atoms with Crippen molar-refractivity contribution in [2.24, 2.45) is 0 Å². The largest absolute Gasteiger partial charge is 0.497 e. The summed E-state index contributed by atoms with van der Waals surface area (Å²) in [5, 5.41) is 3.88. The average molecular weight is 278 g/mol. The molecule has 0 saturated carbocycles. The summed E-state index contributed by atoms with van der Waals surface area (Å²) in [7, 11) is 1.58. The molecule has 104 valence electrons. The first-order chi connectivity index (χ1) is 10.3. The van der Waals surface area contributed by atoms with Crippen LogP contribution < -0.4 is 10.1 Å². The van der Waals surface area contributed by atoms with Gasteiger partial charge >= 0.3 is 0 Å². The molecule has 4 heteroatoms. The third-order valence-corrected chi connectivity index (χ3v) is 3.21. The van der Waals surface area contributed by atoms with Crippen molar-refractivity contribution in [2.45, 2.75) is 0 Å². The minimum absolute atomic E-state index is 0.188. The van der Waals surface area contributed by atoms with E-state index in [0.717, 1.165) is 10.9 Å². The van der Waals surface area contributed by atoms with E-state index in [0.29, 0.717) is 17.0 Å². The van der Waals surface area contributed by atoms with Crippen molar-refractivity contribution < 1.29 is 9.53 Å². The number of hydrogen-bond acceptors (Lipinski definition) is 3. The molecule has 1 heterocycles. The van der Waals surface area contributed by atoms with Crippen LogP contribution in [0.4, 0.5) is 5.69 Å². The Kier molecular flexibility index (Phi) is 3.51. The van der Waals surface area contributed by atoms with Crippen molar-refractivity contribution >= 4 is 22.5 Å². The average Bonchev–Trinajstić information content (AvgIpc) is 2.55. The molecule has 0 radical (unpaired) electrons. The number of benzene rings is 2. The maximum absolute atomic E-state index is 12.3. The second kappa shape index (κ2) is 5.63. The molecule has 0 aliphatic carbocycles. The number of rotatable bonds is 3. The Labute approximate surface area is 122 Å². The molecule has 0 atom stereocenters. The minimum Gasteiger partial charge on any atom is -0.497 e. The van der Waals surface area contributed by atoms with Gasteiger partial charge in [-0.05, 0) is 30.3 Å². The fraction of sp³-hybridized carbons (Fsp3) is 0.0588. The second-order valence-electron chi connectivity index (χ2n) is 4.57. The lowest BCUT2D eigenvalue weighted by atomic mass is 10.1. The van der Waals surface area contributed by atoms with E-state index in [1.807, 2.05) is 30.3 Å². The smallest absolute Gasteiger partial charge is 0.255 e. The molecule has 2 aromatic carbocycles. The first-order valence-corrected chi connectivity index (χ1v) is 6.57. The normalized spacial score (nSPS) is 10.3. The fourth-order valence-corrected chi connectivity index (χ4v) is 2.16. The van der Waals surface area contributed by atoms with Gasteiger partial charge in [-0.2, -0.15) is 0 Å². The van der Waals surface area contributed by atoms with Crippen LogP contribution in [0.25, 0.3) is 10.9 Å². The van der Waals surface area contributed by atoms with Crippen molar-refractivity contribution in [3.8, 4) is 5.75 Å². The highest BCUT2D eigenvalue weighted by atomic mass is 16.5. The Morgan fingerprint density at radius 2 is 1.90 bits per heavy atom. The summed E-state index contributed by atoms with van der Waals surface area (Å²) in [6, 6.07) is 16.6. The summed E-state index contributed by atoms with van der Waals surface area (Å²) < 4.78 is 5.13. The predicted molar refractivity (Wildman–Crippen MR) is 82.7 cm³/mol. The van der Waals surface area contributed by atoms with E-state index < -0.39 is 0 Å². The Bertz CT molecular complexity index is 794. The van der Waals surface area contributed by atoms with E-state index in [2.05, 4.69) is 10.3 Å². The van der Waals surface area contributed by atoms with Gasteiger partial charge < -0.3 is 10.1 Å². The van der Waals surface area contributed by atoms with Crippen LogP contribution in [-0.2, 0) is 0 Å². The number of nitrogens with zero attached hydrogens (tertiary/aromatic N) is 1. The molecule has 0 aliphatic rings. The molecule has 0 aliphatic heterocycles. The summed E-state index contributed by atoms with van der Waals surface area (Å²) in [4.78, 5) is 16.7. The predicted octanol–water partition coefficient (Wildman–Crippen LogP) is 3.50. The maximum Gasteiger partial charge on any atom is 0.255 e. The van der Waals surface area contributed by atoms with Crippen LogP contribution in [0.3, 0.4) is 0 Å². The highest BCUT2D eigenvalue weighted by Crippen LogP contribution is 2.22. The number of carbonyl (C=O) groups excluding carboxylic acids is 1. The van der Waals surface area contributed by atoms with E-state index in [1.165, 1.54) is 0 Å². The molecule has 3 aromatic rings. The van der Waals surface area contributed by atoms with Crippen LogP contribution in [0.5, 0.6) is 5.75 Å². The third-order valence-electron chi connectivity index (χ3n) is 3.21. The monoisotopic (exact) mass is 278 g/mol. The van der Waals surface area contributed by atoms with Crippen molar-refractivity contribution in [1.82, 2.24) is 4.98 Å². The van der Waals surface area contributed by atoms with Gasteiger partial charge in [0.25, 0.3) is 5.91 Å². The molecule has 21 heavy (non-hydrogen) atoms. The fourth-order valence-electron chi connectivity index (χ4n) is 2.16. The number of nitrogens with one attached hydrogen (secondary N) is 1. The van der Waals surface area contributed by atoms with Gasteiger partial charge in [-0.25, -0.2) is 0 Å². The van der Waals surface area contributed by atoms with Crippen molar-refractivity contribution in [3.05, 3.63) is 66.4 Å². The number of para-hydroxylation sites is 1. The lowest BCUT2D eigenvalue weighted by molar-refractivity contribution is 0.102. The summed E-state index contributed by atoms with van der Waals surface area (Å²) >= 11 is 0. The molecule has 0 fully saturated rings. The highest BCUT2D eigenvalue weighted by Gasteiger charge is 2.09. The zero-order valence-electron chi connectivity index (χ0n) is 11.5. The van der Waals surface area contributed by atoms with Gasteiger partial charge in [-0.15, -0.1) is 0 Å². The number of aromatic nitrogens is 1. The summed E-state index contributed by atoms with van der Waals surface area (Å²) in [6.07, 6.45) is 1.71. The molecule has 0 unspecified atom stereocenters. The summed E-state index contributed by atoms with van der Waals surface area (Å²) in [5.74, 6) is 0.464. The molecule has 0 bridgehead atoms. The van der Waals surface area contributed by atoms with Crippen molar-refractivity contribution in [1.29, 1.82) is 0 Å². The molecular weight excluding hydrogens is 264 g/mol. The van der Waals surface area contributed by atoms with Gasteiger partial charge in [0.1, 0.15) is 5.75 Å². The summed E-state index contributed by atoms with van der Waals surface area (Å²) in [6.45, 7) is 0. The Balaban J connectivity index is 1.93. The number of ether oxygens (including phenoxy) is 1. The van der Waals surface area contributed by atoms with Crippen LogP contribution >= 0.6 is 0 Å². The zero-order valence-corrected chi connectivity index (χ0v) is 11.5. The minimum atomic E-state index is -0.188. The molecule has 0 spiro atoms. The molecule has 1 N–H and O–H groups in total. The molecule has 4 nitrogen and oxygen atoms in total. The van der Waals surface area contributed by atoms with Crippen LogP contribution in [-0.4, -0.2) is 18.0 Å². The molecule has 1 aromatic heterocycles. The number of pyridine rings is 1. The number of hydrogen-bond donors (Lipinski definition) is 1. The number of carbonyl (C=O) groups is 1. The third kappa shape index (κ3) is 2.69. The SMILES string of the molecule is COc1cccc(C(=O)Nc2cccc3cccnc23)c1. The van der Waals surface area contributed by atoms with E-state index in [9.17, 15) is 4.79 Å². The van der Waals surface area contributed by atoms with E-state index >= 15 is 0 Å². The number of fused-ring (bicyclic) bond motifs is 1. The second-order valence-corrected chi connectivity index (χ2v) is 4.57. The zero-order chi connectivity index (χ0) is 14.7. The van der Waals surface area contributed by atoms with Gasteiger partial charge in [0.15, 0.2) is 0 Å². The maximum atomic E-state index is 12.3. The lowest BCUT2D eigenvalue weighted by Gasteiger charge is -2.08. The van der Waals surface area contributed by atoms with Gasteiger partial charge in [0, 0.05) is 17.1 Å². The van der Waals surface area contributed by atoms with Gasteiger partial charge in [-0.1, -0.05) is 24.3 Å². The molecule has 0 saturated heterocycles. The van der Waals surface area contributed by atoms with E-state index in [4.69, 9.17) is 4.74 Å². The van der Waals surface area contributed by atoms with Gasteiger partial charge in [0.2, 0.25) is 0 Å². The van der Waals surface area contributed by atoms with Crippen LogP contribution in [0.15, 0.2) is 60.8 Å². The Morgan fingerprint density at radius 1 is 1.10 bits per heavy atom. The molecule has 3 rings (SSSR count). The first kappa shape index (κ1) is 13.1. The molecule has 1 amide bonds. The number of methoxy groups -OCH3 is 1. The first-order valence-electron chi connectivity index (χ1n) is 6.57.